The molecule has 0 N–H and O–H groups in total. The Bertz CT molecular complexity index is 893. The summed E-state index contributed by atoms with van der Waals surface area (Å²) in [5.74, 6) is 1.20. The number of aryl methyl sites for hydroxylation is 1. The molecule has 0 aliphatic rings. The molecule has 3 rings (SSSR count). The average Bonchev–Trinajstić information content (AvgIpc) is 2.54. The Hall–Kier alpha value is -2.75. The van der Waals surface area contributed by atoms with E-state index in [0.717, 1.165) is 16.5 Å². The number of fused-ring (bicyclic) bond motifs is 1. The number of para-hydroxylation sites is 1. The Balaban J connectivity index is 2.28. The molecule has 2 aromatic carbocycles. The normalized spacial score (nSPS) is 10.7. The molecule has 0 spiro atoms. The minimum Gasteiger partial charge on any atom is -0.493 e. The van der Waals surface area contributed by atoms with Crippen molar-refractivity contribution in [2.24, 2.45) is 0 Å². The standard InChI is InChI=1S/C18H16O4/c1-11-13-6-4-5-7-14(13)22-18(19)17(11)12-8-9-15(20-2)16(10-12)21-3/h4-10H,1-3H3. The van der Waals surface area contributed by atoms with Gasteiger partial charge in [-0.3, -0.25) is 0 Å². The maximum Gasteiger partial charge on any atom is 0.344 e. The highest BCUT2D eigenvalue weighted by Gasteiger charge is 2.15. The fourth-order valence-electron chi connectivity index (χ4n) is 2.63. The van der Waals surface area contributed by atoms with Crippen LogP contribution in [0.2, 0.25) is 0 Å². The van der Waals surface area contributed by atoms with E-state index in [1.807, 2.05) is 31.2 Å². The van der Waals surface area contributed by atoms with Crippen molar-refractivity contribution in [1.29, 1.82) is 0 Å². The number of methoxy groups -OCH3 is 2. The molecule has 1 heterocycles. The molecular formula is C18H16O4. The summed E-state index contributed by atoms with van der Waals surface area (Å²) in [6, 6.07) is 12.9. The highest BCUT2D eigenvalue weighted by atomic mass is 16.5. The summed E-state index contributed by atoms with van der Waals surface area (Å²) in [5.41, 5.74) is 2.41. The molecule has 3 aromatic rings. The van der Waals surface area contributed by atoms with Crippen LogP contribution in [0, 0.1) is 6.92 Å². The van der Waals surface area contributed by atoms with Gasteiger partial charge in [-0.25, -0.2) is 4.79 Å². The third kappa shape index (κ3) is 2.22. The third-order valence-electron chi connectivity index (χ3n) is 3.75. The van der Waals surface area contributed by atoms with Crippen molar-refractivity contribution < 1.29 is 13.9 Å². The second-order valence-electron chi connectivity index (χ2n) is 4.96. The first-order valence-electron chi connectivity index (χ1n) is 6.90. The highest BCUT2D eigenvalue weighted by Crippen LogP contribution is 2.33. The number of rotatable bonds is 3. The van der Waals surface area contributed by atoms with Crippen LogP contribution in [-0.2, 0) is 0 Å². The summed E-state index contributed by atoms with van der Waals surface area (Å²) >= 11 is 0. The summed E-state index contributed by atoms with van der Waals surface area (Å²) in [6.07, 6.45) is 0. The Labute approximate surface area is 127 Å². The highest BCUT2D eigenvalue weighted by molar-refractivity contribution is 5.86. The lowest BCUT2D eigenvalue weighted by atomic mass is 9.99. The van der Waals surface area contributed by atoms with Crippen LogP contribution in [0.4, 0.5) is 0 Å². The maximum atomic E-state index is 12.4. The number of hydrogen-bond donors (Lipinski definition) is 0. The fraction of sp³-hybridized carbons (Fsp3) is 0.167. The van der Waals surface area contributed by atoms with E-state index in [0.29, 0.717) is 22.6 Å². The van der Waals surface area contributed by atoms with Gasteiger partial charge < -0.3 is 13.9 Å². The Kier molecular flexibility index (Phi) is 3.59. The molecule has 0 atom stereocenters. The number of ether oxygens (including phenoxy) is 2. The zero-order chi connectivity index (χ0) is 15.7. The molecule has 22 heavy (non-hydrogen) atoms. The zero-order valence-electron chi connectivity index (χ0n) is 12.7. The van der Waals surface area contributed by atoms with Gasteiger partial charge in [-0.2, -0.15) is 0 Å². The predicted octanol–water partition coefficient (Wildman–Crippen LogP) is 3.79. The molecule has 0 fully saturated rings. The first-order valence-corrected chi connectivity index (χ1v) is 6.90. The van der Waals surface area contributed by atoms with E-state index >= 15 is 0 Å². The van der Waals surface area contributed by atoms with Gasteiger partial charge in [0, 0.05) is 5.39 Å². The van der Waals surface area contributed by atoms with Crippen molar-refractivity contribution in [3.63, 3.8) is 0 Å². The van der Waals surface area contributed by atoms with Crippen LogP contribution in [0.15, 0.2) is 51.7 Å². The molecule has 0 saturated carbocycles. The van der Waals surface area contributed by atoms with E-state index in [-0.39, 0.29) is 5.63 Å². The van der Waals surface area contributed by atoms with E-state index in [9.17, 15) is 4.79 Å². The Morgan fingerprint density at radius 1 is 0.955 bits per heavy atom. The van der Waals surface area contributed by atoms with E-state index in [1.165, 1.54) is 0 Å². The lowest BCUT2D eigenvalue weighted by Crippen LogP contribution is -2.06. The summed E-state index contributed by atoms with van der Waals surface area (Å²) in [7, 11) is 3.14. The smallest absolute Gasteiger partial charge is 0.344 e. The van der Waals surface area contributed by atoms with Crippen molar-refractivity contribution >= 4 is 11.0 Å². The molecule has 4 nitrogen and oxygen atoms in total. The molecule has 0 amide bonds. The largest absolute Gasteiger partial charge is 0.493 e. The second-order valence-corrected chi connectivity index (χ2v) is 4.96. The molecule has 1 aromatic heterocycles. The van der Waals surface area contributed by atoms with Crippen LogP contribution >= 0.6 is 0 Å². The Morgan fingerprint density at radius 3 is 2.41 bits per heavy atom. The van der Waals surface area contributed by atoms with Gasteiger partial charge in [0.1, 0.15) is 5.58 Å². The van der Waals surface area contributed by atoms with Gasteiger partial charge in [0.05, 0.1) is 19.8 Å². The van der Waals surface area contributed by atoms with Crippen molar-refractivity contribution in [2.45, 2.75) is 6.92 Å². The van der Waals surface area contributed by atoms with E-state index in [1.54, 1.807) is 32.4 Å². The van der Waals surface area contributed by atoms with Crippen LogP contribution in [-0.4, -0.2) is 14.2 Å². The molecule has 112 valence electrons. The van der Waals surface area contributed by atoms with Gasteiger partial charge in [-0.05, 0) is 36.2 Å². The average molecular weight is 296 g/mol. The van der Waals surface area contributed by atoms with E-state index in [2.05, 4.69) is 0 Å². The van der Waals surface area contributed by atoms with E-state index in [4.69, 9.17) is 13.9 Å². The molecule has 0 bridgehead atoms. The molecular weight excluding hydrogens is 280 g/mol. The molecule has 4 heteroatoms. The summed E-state index contributed by atoms with van der Waals surface area (Å²) in [6.45, 7) is 1.92. The zero-order valence-corrected chi connectivity index (χ0v) is 12.7. The van der Waals surface area contributed by atoms with Gasteiger partial charge >= 0.3 is 5.63 Å². The molecule has 0 unspecified atom stereocenters. The van der Waals surface area contributed by atoms with Crippen molar-refractivity contribution in [3.8, 4) is 22.6 Å². The van der Waals surface area contributed by atoms with Gasteiger partial charge in [-0.15, -0.1) is 0 Å². The number of hydrogen-bond acceptors (Lipinski definition) is 4. The maximum absolute atomic E-state index is 12.4. The lowest BCUT2D eigenvalue weighted by Gasteiger charge is -2.11. The van der Waals surface area contributed by atoms with Gasteiger partial charge in [-0.1, -0.05) is 24.3 Å². The fourth-order valence-corrected chi connectivity index (χ4v) is 2.63. The van der Waals surface area contributed by atoms with Crippen LogP contribution in [0.5, 0.6) is 11.5 Å². The Morgan fingerprint density at radius 2 is 1.68 bits per heavy atom. The molecule has 0 aliphatic heterocycles. The lowest BCUT2D eigenvalue weighted by molar-refractivity contribution is 0.355. The molecule has 0 saturated heterocycles. The van der Waals surface area contributed by atoms with Crippen LogP contribution in [0.3, 0.4) is 0 Å². The van der Waals surface area contributed by atoms with Gasteiger partial charge in [0.2, 0.25) is 0 Å². The van der Waals surface area contributed by atoms with Crippen molar-refractivity contribution in [3.05, 3.63) is 58.4 Å². The number of benzene rings is 2. The minimum atomic E-state index is -0.358. The topological polar surface area (TPSA) is 48.7 Å². The monoisotopic (exact) mass is 296 g/mol. The van der Waals surface area contributed by atoms with Gasteiger partial charge in [0.15, 0.2) is 11.5 Å². The van der Waals surface area contributed by atoms with Crippen molar-refractivity contribution in [2.75, 3.05) is 14.2 Å². The van der Waals surface area contributed by atoms with Crippen LogP contribution in [0.1, 0.15) is 5.56 Å². The summed E-state index contributed by atoms with van der Waals surface area (Å²) in [5, 5.41) is 0.923. The first kappa shape index (κ1) is 14.2. The SMILES string of the molecule is COc1ccc(-c2c(C)c3ccccc3oc2=O)cc1OC. The minimum absolute atomic E-state index is 0.358. The summed E-state index contributed by atoms with van der Waals surface area (Å²) in [4.78, 5) is 12.4. The van der Waals surface area contributed by atoms with Crippen molar-refractivity contribution in [1.82, 2.24) is 0 Å². The van der Waals surface area contributed by atoms with Crippen LogP contribution in [0.25, 0.3) is 22.1 Å². The first-order chi connectivity index (χ1) is 10.7. The van der Waals surface area contributed by atoms with Gasteiger partial charge in [0.25, 0.3) is 0 Å². The van der Waals surface area contributed by atoms with Crippen LogP contribution < -0.4 is 15.1 Å². The van der Waals surface area contributed by atoms with E-state index < -0.39 is 0 Å². The molecule has 0 radical (unpaired) electrons. The third-order valence-corrected chi connectivity index (χ3v) is 3.75. The molecule has 0 aliphatic carbocycles. The predicted molar refractivity (Wildman–Crippen MR) is 85.8 cm³/mol. The second kappa shape index (κ2) is 5.56. The quantitative estimate of drug-likeness (QED) is 0.690. The summed E-state index contributed by atoms with van der Waals surface area (Å²) < 4.78 is 16.0.